The van der Waals surface area contributed by atoms with Crippen molar-refractivity contribution in [3.63, 3.8) is 0 Å². The number of pyridine rings is 1. The minimum Gasteiger partial charge on any atom is -0.489 e. The van der Waals surface area contributed by atoms with E-state index < -0.39 is 0 Å². The molecule has 0 bridgehead atoms. The lowest BCUT2D eigenvalue weighted by Crippen LogP contribution is -2.14. The summed E-state index contributed by atoms with van der Waals surface area (Å²) in [6.07, 6.45) is 3.38. The molecule has 0 saturated carbocycles. The Bertz CT molecular complexity index is 1040. The predicted octanol–water partition coefficient (Wildman–Crippen LogP) is 2.78. The van der Waals surface area contributed by atoms with Gasteiger partial charge in [0.05, 0.1) is 11.4 Å². The summed E-state index contributed by atoms with van der Waals surface area (Å²) in [6, 6.07) is 9.89. The van der Waals surface area contributed by atoms with Crippen molar-refractivity contribution in [3.05, 3.63) is 54.1 Å². The van der Waals surface area contributed by atoms with Gasteiger partial charge >= 0.3 is 0 Å². The number of hydrogen-bond donors (Lipinski definition) is 1. The lowest BCUT2D eigenvalue weighted by Gasteiger charge is -2.13. The number of hydrogen-bond acceptors (Lipinski definition) is 6. The molecule has 7 nitrogen and oxygen atoms in total. The summed E-state index contributed by atoms with van der Waals surface area (Å²) in [4.78, 5) is 4.40. The van der Waals surface area contributed by atoms with Crippen LogP contribution in [-0.2, 0) is 0 Å². The third-order valence-electron chi connectivity index (χ3n) is 4.19. The van der Waals surface area contributed by atoms with Crippen molar-refractivity contribution in [2.45, 2.75) is 13.8 Å². The first-order valence-electron chi connectivity index (χ1n) is 8.11. The number of nitrogens with zero attached hydrogens (tertiary/aromatic N) is 5. The molecule has 3 heterocycles. The Balaban J connectivity index is 1.48. The second-order valence-corrected chi connectivity index (χ2v) is 5.79. The molecule has 0 fully saturated rings. The zero-order chi connectivity index (χ0) is 17.2. The molecule has 4 rings (SSSR count). The second-order valence-electron chi connectivity index (χ2n) is 5.79. The zero-order valence-corrected chi connectivity index (χ0v) is 14.1. The van der Waals surface area contributed by atoms with Crippen LogP contribution in [-0.4, -0.2) is 37.9 Å². The molecule has 7 heteroatoms. The van der Waals surface area contributed by atoms with Crippen molar-refractivity contribution in [2.24, 2.45) is 0 Å². The first-order chi connectivity index (χ1) is 12.2. The third-order valence-corrected chi connectivity index (χ3v) is 4.19. The highest BCUT2D eigenvalue weighted by molar-refractivity contribution is 5.84. The van der Waals surface area contributed by atoms with Gasteiger partial charge in [-0.2, -0.15) is 9.61 Å². The topological polar surface area (TPSA) is 77.2 Å². The summed E-state index contributed by atoms with van der Waals surface area (Å²) in [5.74, 6) is 0.787. The molecular weight excluding hydrogens is 316 g/mol. The molecular formula is C18H18N6O. The van der Waals surface area contributed by atoms with Crippen molar-refractivity contribution in [1.82, 2.24) is 24.8 Å². The van der Waals surface area contributed by atoms with Crippen LogP contribution in [0.3, 0.4) is 0 Å². The lowest BCUT2D eigenvalue weighted by molar-refractivity contribution is 0.336. The Hall–Kier alpha value is -3.22. The van der Waals surface area contributed by atoms with Crippen LogP contribution < -0.4 is 10.1 Å². The van der Waals surface area contributed by atoms with Crippen molar-refractivity contribution < 1.29 is 4.74 Å². The van der Waals surface area contributed by atoms with Crippen molar-refractivity contribution >= 4 is 22.2 Å². The average molecular weight is 334 g/mol. The molecule has 0 radical (unpaired) electrons. The standard InChI is InChI=1S/C18H18N6O/c1-12-13(2)23-24-11-21-22-18(24)16(12)20-9-10-25-15-7-3-5-14-6-4-8-19-17(14)15/h3-8,11,20H,9-10H2,1-2H3. The zero-order valence-electron chi connectivity index (χ0n) is 14.1. The molecule has 126 valence electrons. The fourth-order valence-corrected chi connectivity index (χ4v) is 2.79. The predicted molar refractivity (Wildman–Crippen MR) is 96.0 cm³/mol. The summed E-state index contributed by atoms with van der Waals surface area (Å²) in [5.41, 5.74) is 4.53. The van der Waals surface area contributed by atoms with Gasteiger partial charge in [0.1, 0.15) is 24.2 Å². The minimum atomic E-state index is 0.511. The van der Waals surface area contributed by atoms with Crippen LogP contribution >= 0.6 is 0 Å². The summed E-state index contributed by atoms with van der Waals surface area (Å²) in [6.45, 7) is 5.14. The first kappa shape index (κ1) is 15.3. The number of ether oxygens (including phenoxy) is 1. The van der Waals surface area contributed by atoms with Crippen LogP contribution in [0.4, 0.5) is 5.69 Å². The number of aromatic nitrogens is 5. The maximum absolute atomic E-state index is 5.92. The number of fused-ring (bicyclic) bond motifs is 2. The SMILES string of the molecule is Cc1nn2cnnc2c(NCCOc2cccc3cccnc23)c1C. The number of benzene rings is 1. The van der Waals surface area contributed by atoms with E-state index in [9.17, 15) is 0 Å². The Kier molecular flexibility index (Phi) is 3.89. The van der Waals surface area contributed by atoms with E-state index in [4.69, 9.17) is 4.74 Å². The third kappa shape index (κ3) is 2.84. The maximum atomic E-state index is 5.92. The largest absolute Gasteiger partial charge is 0.489 e. The van der Waals surface area contributed by atoms with Gasteiger partial charge in [-0.05, 0) is 31.5 Å². The minimum absolute atomic E-state index is 0.511. The van der Waals surface area contributed by atoms with Gasteiger partial charge in [-0.1, -0.05) is 18.2 Å². The van der Waals surface area contributed by atoms with E-state index in [1.807, 2.05) is 44.2 Å². The van der Waals surface area contributed by atoms with E-state index in [-0.39, 0.29) is 0 Å². The highest BCUT2D eigenvalue weighted by Gasteiger charge is 2.11. The average Bonchev–Trinajstić information content (AvgIpc) is 3.09. The monoisotopic (exact) mass is 334 g/mol. The Labute approximate surface area is 144 Å². The molecule has 1 aromatic carbocycles. The normalized spacial score (nSPS) is 11.1. The molecule has 0 aliphatic rings. The number of rotatable bonds is 5. The van der Waals surface area contributed by atoms with E-state index in [0.29, 0.717) is 13.2 Å². The fourth-order valence-electron chi connectivity index (χ4n) is 2.79. The molecule has 0 aliphatic carbocycles. The van der Waals surface area contributed by atoms with E-state index in [1.165, 1.54) is 0 Å². The summed E-state index contributed by atoms with van der Waals surface area (Å²) in [5, 5.41) is 16.9. The molecule has 0 saturated heterocycles. The molecule has 0 unspecified atom stereocenters. The molecule has 1 N–H and O–H groups in total. The molecule has 0 atom stereocenters. The van der Waals surface area contributed by atoms with Crippen LogP contribution in [0.2, 0.25) is 0 Å². The van der Waals surface area contributed by atoms with Crippen molar-refractivity contribution in [2.75, 3.05) is 18.5 Å². The van der Waals surface area contributed by atoms with E-state index in [2.05, 4.69) is 25.6 Å². The Morgan fingerprint density at radius 1 is 1.16 bits per heavy atom. The van der Waals surface area contributed by atoms with Crippen LogP contribution in [0.25, 0.3) is 16.6 Å². The van der Waals surface area contributed by atoms with Crippen molar-refractivity contribution in [1.29, 1.82) is 0 Å². The van der Waals surface area contributed by atoms with Crippen molar-refractivity contribution in [3.8, 4) is 5.75 Å². The van der Waals surface area contributed by atoms with E-state index >= 15 is 0 Å². The maximum Gasteiger partial charge on any atom is 0.200 e. The number of anilines is 1. The summed E-state index contributed by atoms with van der Waals surface area (Å²) >= 11 is 0. The first-order valence-corrected chi connectivity index (χ1v) is 8.11. The Morgan fingerprint density at radius 2 is 2.04 bits per heavy atom. The molecule has 4 aromatic rings. The van der Waals surface area contributed by atoms with Gasteiger partial charge < -0.3 is 10.1 Å². The summed E-state index contributed by atoms with van der Waals surface area (Å²) in [7, 11) is 0. The molecule has 0 amide bonds. The number of nitrogens with one attached hydrogen (secondary N) is 1. The highest BCUT2D eigenvalue weighted by Crippen LogP contribution is 2.23. The van der Waals surface area contributed by atoms with Crippen LogP contribution in [0, 0.1) is 13.8 Å². The lowest BCUT2D eigenvalue weighted by atomic mass is 10.2. The van der Waals surface area contributed by atoms with Crippen LogP contribution in [0.1, 0.15) is 11.3 Å². The second kappa shape index (κ2) is 6.35. The van der Waals surface area contributed by atoms with Gasteiger partial charge in [-0.15, -0.1) is 10.2 Å². The van der Waals surface area contributed by atoms with Gasteiger partial charge in [-0.25, -0.2) is 0 Å². The molecule has 3 aromatic heterocycles. The van der Waals surface area contributed by atoms with Gasteiger partial charge in [-0.3, -0.25) is 4.98 Å². The molecule has 0 aliphatic heterocycles. The number of para-hydroxylation sites is 1. The smallest absolute Gasteiger partial charge is 0.200 e. The Morgan fingerprint density at radius 3 is 2.96 bits per heavy atom. The van der Waals surface area contributed by atoms with Gasteiger partial charge in [0.25, 0.3) is 0 Å². The van der Waals surface area contributed by atoms with Gasteiger partial charge in [0, 0.05) is 18.1 Å². The van der Waals surface area contributed by atoms with E-state index in [1.54, 1.807) is 17.0 Å². The van der Waals surface area contributed by atoms with Crippen LogP contribution in [0.15, 0.2) is 42.9 Å². The van der Waals surface area contributed by atoms with Crippen LogP contribution in [0.5, 0.6) is 5.75 Å². The van der Waals surface area contributed by atoms with Gasteiger partial charge in [0.15, 0.2) is 0 Å². The quantitative estimate of drug-likeness (QED) is 0.566. The molecule has 25 heavy (non-hydrogen) atoms. The number of aryl methyl sites for hydroxylation is 1. The summed E-state index contributed by atoms with van der Waals surface area (Å²) < 4.78 is 7.60. The van der Waals surface area contributed by atoms with Gasteiger partial charge in [0.2, 0.25) is 5.65 Å². The highest BCUT2D eigenvalue weighted by atomic mass is 16.5. The van der Waals surface area contributed by atoms with E-state index in [0.717, 1.165) is 39.2 Å². The molecule has 0 spiro atoms. The fraction of sp³-hybridized carbons (Fsp3) is 0.222.